The Bertz CT molecular complexity index is 380. The van der Waals surface area contributed by atoms with Crippen molar-refractivity contribution in [3.8, 4) is 11.5 Å². The van der Waals surface area contributed by atoms with E-state index >= 15 is 0 Å². The van der Waals surface area contributed by atoms with Crippen LogP contribution in [0.4, 0.5) is 0 Å². The molecule has 1 unspecified atom stereocenters. The van der Waals surface area contributed by atoms with Gasteiger partial charge in [-0.1, -0.05) is 26.0 Å². The molecule has 19 heavy (non-hydrogen) atoms. The average molecular weight is 267 g/mol. The van der Waals surface area contributed by atoms with E-state index in [1.807, 2.05) is 19.1 Å². The fourth-order valence-corrected chi connectivity index (χ4v) is 1.85. The van der Waals surface area contributed by atoms with Crippen LogP contribution in [0.3, 0.4) is 0 Å². The van der Waals surface area contributed by atoms with E-state index in [2.05, 4.69) is 19.2 Å². The van der Waals surface area contributed by atoms with E-state index in [1.54, 1.807) is 13.2 Å². The van der Waals surface area contributed by atoms with Crippen LogP contribution in [0, 0.1) is 5.92 Å². The Morgan fingerprint density at radius 2 is 2.05 bits per heavy atom. The van der Waals surface area contributed by atoms with Crippen molar-refractivity contribution in [1.29, 1.82) is 0 Å². The van der Waals surface area contributed by atoms with E-state index in [0.717, 1.165) is 12.2 Å². The van der Waals surface area contributed by atoms with E-state index in [0.29, 0.717) is 24.8 Å². The number of nitrogens with one attached hydrogen (secondary N) is 1. The number of aromatic hydroxyl groups is 1. The maximum absolute atomic E-state index is 10.0. The summed E-state index contributed by atoms with van der Waals surface area (Å²) < 4.78 is 10.6. The van der Waals surface area contributed by atoms with Crippen LogP contribution < -0.4 is 10.1 Å². The van der Waals surface area contributed by atoms with Crippen LogP contribution in [0.1, 0.15) is 26.3 Å². The normalized spacial score (nSPS) is 12.7. The molecule has 1 atom stereocenters. The van der Waals surface area contributed by atoms with Crippen molar-refractivity contribution in [2.24, 2.45) is 5.92 Å². The second-order valence-corrected chi connectivity index (χ2v) is 4.86. The molecule has 0 heterocycles. The number of ether oxygens (including phenoxy) is 2. The third-order valence-electron chi connectivity index (χ3n) is 3.16. The molecular formula is C15H25NO3. The third-order valence-corrected chi connectivity index (χ3v) is 3.16. The molecule has 0 amide bonds. The van der Waals surface area contributed by atoms with Crippen molar-refractivity contribution in [2.75, 3.05) is 20.3 Å². The second kappa shape index (κ2) is 8.02. The molecule has 0 bridgehead atoms. The lowest BCUT2D eigenvalue weighted by molar-refractivity contribution is 0.107. The van der Waals surface area contributed by atoms with Crippen molar-refractivity contribution < 1.29 is 14.6 Å². The van der Waals surface area contributed by atoms with Gasteiger partial charge in [0.05, 0.1) is 13.7 Å². The van der Waals surface area contributed by atoms with Gasteiger partial charge in [-0.15, -0.1) is 0 Å². The maximum atomic E-state index is 10.0. The highest BCUT2D eigenvalue weighted by atomic mass is 16.5. The molecule has 1 aromatic rings. The van der Waals surface area contributed by atoms with E-state index in [1.165, 1.54) is 0 Å². The molecule has 0 saturated heterocycles. The van der Waals surface area contributed by atoms with E-state index in [-0.39, 0.29) is 11.8 Å². The van der Waals surface area contributed by atoms with Gasteiger partial charge in [0.15, 0.2) is 11.5 Å². The van der Waals surface area contributed by atoms with Crippen LogP contribution in [0.5, 0.6) is 11.5 Å². The smallest absolute Gasteiger partial charge is 0.162 e. The summed E-state index contributed by atoms with van der Waals surface area (Å²) in [5.41, 5.74) is 0.835. The minimum Gasteiger partial charge on any atom is -0.504 e. The lowest BCUT2D eigenvalue weighted by atomic mass is 10.0. The summed E-state index contributed by atoms with van der Waals surface area (Å²) >= 11 is 0. The second-order valence-electron chi connectivity index (χ2n) is 4.86. The summed E-state index contributed by atoms with van der Waals surface area (Å²) in [5, 5.41) is 13.4. The molecule has 0 fully saturated rings. The summed E-state index contributed by atoms with van der Waals surface area (Å²) in [6, 6.07) is 5.79. The number of phenols is 1. The number of benzene rings is 1. The standard InChI is InChI=1S/C15H25NO3/c1-5-19-10-13(11(2)3)16-9-12-7-6-8-14(18-4)15(12)17/h6-8,11,13,16-17H,5,9-10H2,1-4H3. The SMILES string of the molecule is CCOCC(NCc1cccc(OC)c1O)C(C)C. The first-order valence-corrected chi connectivity index (χ1v) is 6.76. The summed E-state index contributed by atoms with van der Waals surface area (Å²) in [7, 11) is 1.55. The number of hydrogen-bond acceptors (Lipinski definition) is 4. The molecule has 0 saturated carbocycles. The van der Waals surface area contributed by atoms with Crippen LogP contribution in [-0.4, -0.2) is 31.5 Å². The lowest BCUT2D eigenvalue weighted by Crippen LogP contribution is -2.37. The predicted molar refractivity (Wildman–Crippen MR) is 76.6 cm³/mol. The van der Waals surface area contributed by atoms with Gasteiger partial charge in [0.25, 0.3) is 0 Å². The number of rotatable bonds is 8. The van der Waals surface area contributed by atoms with Gasteiger partial charge in [-0.3, -0.25) is 0 Å². The minimum absolute atomic E-state index is 0.205. The summed E-state index contributed by atoms with van der Waals surface area (Å²) in [5.74, 6) is 1.18. The first-order chi connectivity index (χ1) is 9.10. The molecule has 1 rings (SSSR count). The summed E-state index contributed by atoms with van der Waals surface area (Å²) in [6.45, 7) is 8.29. The van der Waals surface area contributed by atoms with Crippen LogP contribution >= 0.6 is 0 Å². The monoisotopic (exact) mass is 267 g/mol. The highest BCUT2D eigenvalue weighted by Crippen LogP contribution is 2.29. The number of phenolic OH excluding ortho intramolecular Hbond substituents is 1. The quantitative estimate of drug-likeness (QED) is 0.760. The molecule has 0 aliphatic heterocycles. The molecule has 108 valence electrons. The van der Waals surface area contributed by atoms with Crippen LogP contribution in [-0.2, 0) is 11.3 Å². The molecular weight excluding hydrogens is 242 g/mol. The Morgan fingerprint density at radius 1 is 1.32 bits per heavy atom. The zero-order valence-electron chi connectivity index (χ0n) is 12.3. The van der Waals surface area contributed by atoms with E-state index in [9.17, 15) is 5.11 Å². The summed E-state index contributed by atoms with van der Waals surface area (Å²) in [6.07, 6.45) is 0. The zero-order valence-corrected chi connectivity index (χ0v) is 12.3. The van der Waals surface area contributed by atoms with Crippen molar-refractivity contribution in [1.82, 2.24) is 5.32 Å². The highest BCUT2D eigenvalue weighted by Gasteiger charge is 2.14. The molecule has 4 heteroatoms. The van der Waals surface area contributed by atoms with Gasteiger partial charge in [0.1, 0.15) is 0 Å². The first-order valence-electron chi connectivity index (χ1n) is 6.76. The molecule has 1 aromatic carbocycles. The Hall–Kier alpha value is -1.26. The largest absolute Gasteiger partial charge is 0.504 e. The molecule has 0 radical (unpaired) electrons. The van der Waals surface area contributed by atoms with Gasteiger partial charge in [0, 0.05) is 24.8 Å². The zero-order chi connectivity index (χ0) is 14.3. The Labute approximate surface area is 115 Å². The van der Waals surface area contributed by atoms with Crippen LogP contribution in [0.2, 0.25) is 0 Å². The Morgan fingerprint density at radius 3 is 2.63 bits per heavy atom. The van der Waals surface area contributed by atoms with Crippen LogP contribution in [0.15, 0.2) is 18.2 Å². The maximum Gasteiger partial charge on any atom is 0.162 e. The third kappa shape index (κ3) is 4.73. The van der Waals surface area contributed by atoms with Gasteiger partial charge >= 0.3 is 0 Å². The van der Waals surface area contributed by atoms with Crippen LogP contribution in [0.25, 0.3) is 0 Å². The number of hydrogen-bond donors (Lipinski definition) is 2. The first kappa shape index (κ1) is 15.8. The van der Waals surface area contributed by atoms with Gasteiger partial charge in [-0.05, 0) is 18.9 Å². The fourth-order valence-electron chi connectivity index (χ4n) is 1.85. The Balaban J connectivity index is 2.63. The van der Waals surface area contributed by atoms with Gasteiger partial charge in [-0.2, -0.15) is 0 Å². The average Bonchev–Trinajstić information content (AvgIpc) is 2.40. The number of methoxy groups -OCH3 is 1. The molecule has 0 aliphatic rings. The van der Waals surface area contributed by atoms with Crippen molar-refractivity contribution >= 4 is 0 Å². The molecule has 0 aliphatic carbocycles. The lowest BCUT2D eigenvalue weighted by Gasteiger charge is -2.22. The fraction of sp³-hybridized carbons (Fsp3) is 0.600. The number of para-hydroxylation sites is 1. The predicted octanol–water partition coefficient (Wildman–Crippen LogP) is 2.55. The van der Waals surface area contributed by atoms with Crippen molar-refractivity contribution in [3.05, 3.63) is 23.8 Å². The molecule has 2 N–H and O–H groups in total. The van der Waals surface area contributed by atoms with E-state index < -0.39 is 0 Å². The molecule has 0 aromatic heterocycles. The summed E-state index contributed by atoms with van der Waals surface area (Å²) in [4.78, 5) is 0. The van der Waals surface area contributed by atoms with Gasteiger partial charge in [0.2, 0.25) is 0 Å². The van der Waals surface area contributed by atoms with Gasteiger partial charge < -0.3 is 19.9 Å². The van der Waals surface area contributed by atoms with Crippen molar-refractivity contribution in [2.45, 2.75) is 33.4 Å². The Kier molecular flexibility index (Phi) is 6.67. The van der Waals surface area contributed by atoms with E-state index in [4.69, 9.17) is 9.47 Å². The highest BCUT2D eigenvalue weighted by molar-refractivity contribution is 5.45. The molecule has 0 spiro atoms. The van der Waals surface area contributed by atoms with Crippen molar-refractivity contribution in [3.63, 3.8) is 0 Å². The topological polar surface area (TPSA) is 50.7 Å². The molecule has 4 nitrogen and oxygen atoms in total. The van der Waals surface area contributed by atoms with Gasteiger partial charge in [-0.25, -0.2) is 0 Å². The minimum atomic E-state index is 0.205.